The van der Waals surface area contributed by atoms with Crippen LogP contribution in [-0.4, -0.2) is 0 Å². The minimum Gasteiger partial charge on any atom is -0.0622 e. The topological polar surface area (TPSA) is 0 Å². The Labute approximate surface area is 326 Å². The average Bonchev–Trinajstić information content (AvgIpc) is 3.27. The molecule has 260 valence electrons. The Balaban J connectivity index is 1.25. The van der Waals surface area contributed by atoms with Crippen molar-refractivity contribution < 1.29 is 0 Å². The zero-order chi connectivity index (χ0) is 37.0. The molecule has 0 aliphatic rings. The third kappa shape index (κ3) is 5.46. The second kappa shape index (κ2) is 13.2. The molecular formula is C56H36. The lowest BCUT2D eigenvalue weighted by Crippen LogP contribution is -1.93. The van der Waals surface area contributed by atoms with Crippen molar-refractivity contribution in [3.05, 3.63) is 218 Å². The van der Waals surface area contributed by atoms with Crippen LogP contribution in [-0.2, 0) is 0 Å². The number of hydrogen-bond donors (Lipinski definition) is 0. The van der Waals surface area contributed by atoms with E-state index in [9.17, 15) is 0 Å². The van der Waals surface area contributed by atoms with E-state index >= 15 is 0 Å². The molecule has 0 nitrogen and oxygen atoms in total. The van der Waals surface area contributed by atoms with Gasteiger partial charge in [0.1, 0.15) is 0 Å². The van der Waals surface area contributed by atoms with Crippen LogP contribution >= 0.6 is 0 Å². The molecule has 56 heavy (non-hydrogen) atoms. The molecular weight excluding hydrogens is 673 g/mol. The maximum Gasteiger partial charge on any atom is -0.00199 e. The van der Waals surface area contributed by atoms with Crippen LogP contribution < -0.4 is 0 Å². The molecule has 0 radical (unpaired) electrons. The van der Waals surface area contributed by atoms with Gasteiger partial charge in [0.25, 0.3) is 0 Å². The Bertz CT molecular complexity index is 3190. The quantitative estimate of drug-likeness (QED) is 0.156. The summed E-state index contributed by atoms with van der Waals surface area (Å²) in [7, 11) is 0. The van der Waals surface area contributed by atoms with Gasteiger partial charge >= 0.3 is 0 Å². The first kappa shape index (κ1) is 32.2. The van der Waals surface area contributed by atoms with Gasteiger partial charge in [0, 0.05) is 0 Å². The third-order valence-electron chi connectivity index (χ3n) is 11.6. The maximum absolute atomic E-state index is 2.43. The summed E-state index contributed by atoms with van der Waals surface area (Å²) in [6.45, 7) is 0. The van der Waals surface area contributed by atoms with E-state index in [1.165, 1.54) is 109 Å². The van der Waals surface area contributed by atoms with Crippen LogP contribution in [0.5, 0.6) is 0 Å². The monoisotopic (exact) mass is 708 g/mol. The fraction of sp³-hybridized carbons (Fsp3) is 0. The van der Waals surface area contributed by atoms with Crippen molar-refractivity contribution in [2.24, 2.45) is 0 Å². The van der Waals surface area contributed by atoms with Crippen molar-refractivity contribution in [1.82, 2.24) is 0 Å². The Morgan fingerprint density at radius 1 is 0.179 bits per heavy atom. The summed E-state index contributed by atoms with van der Waals surface area (Å²) >= 11 is 0. The minimum atomic E-state index is 1.20. The average molecular weight is 709 g/mol. The first-order chi connectivity index (χ1) is 27.7. The summed E-state index contributed by atoms with van der Waals surface area (Å²) in [6, 6.07) is 80.6. The Morgan fingerprint density at radius 2 is 0.643 bits per heavy atom. The molecule has 11 rings (SSSR count). The molecule has 11 aromatic rings. The fourth-order valence-corrected chi connectivity index (χ4v) is 8.88. The highest BCUT2D eigenvalue weighted by Crippen LogP contribution is 2.47. The van der Waals surface area contributed by atoms with Crippen LogP contribution in [0.15, 0.2) is 218 Å². The molecule has 0 heteroatoms. The molecule has 0 saturated carbocycles. The molecule has 11 aromatic carbocycles. The molecule has 0 saturated heterocycles. The predicted molar refractivity (Wildman–Crippen MR) is 241 cm³/mol. The Kier molecular flexibility index (Phi) is 7.60. The zero-order valence-corrected chi connectivity index (χ0v) is 30.8. The van der Waals surface area contributed by atoms with Crippen LogP contribution in [0.4, 0.5) is 0 Å². The van der Waals surface area contributed by atoms with Gasteiger partial charge in [-0.2, -0.15) is 0 Å². The van der Waals surface area contributed by atoms with Crippen LogP contribution in [0, 0.1) is 0 Å². The second-order valence-electron chi connectivity index (χ2n) is 14.9. The summed E-state index contributed by atoms with van der Waals surface area (Å²) in [6.07, 6.45) is 0. The lowest BCUT2D eigenvalue weighted by molar-refractivity contribution is 1.60. The van der Waals surface area contributed by atoms with Gasteiger partial charge in [-0.05, 0) is 146 Å². The molecule has 0 fully saturated rings. The SMILES string of the molecule is c1ccc(-c2ccc3c(-c4cc(-c5ccc6ccccc6c5)cc(-c5ccc6ccccc6c5)c4)c4ccccc4c(-c4cccc5ccccc45)c3c2)cc1. The van der Waals surface area contributed by atoms with Gasteiger partial charge in [0.05, 0.1) is 0 Å². The number of rotatable bonds is 5. The highest BCUT2D eigenvalue weighted by atomic mass is 14.2. The third-order valence-corrected chi connectivity index (χ3v) is 11.6. The van der Waals surface area contributed by atoms with Crippen molar-refractivity contribution in [2.75, 3.05) is 0 Å². The van der Waals surface area contributed by atoms with Crippen LogP contribution in [0.2, 0.25) is 0 Å². The van der Waals surface area contributed by atoms with E-state index in [2.05, 4.69) is 218 Å². The lowest BCUT2D eigenvalue weighted by atomic mass is 9.82. The van der Waals surface area contributed by atoms with E-state index in [1.54, 1.807) is 0 Å². The summed E-state index contributed by atoms with van der Waals surface area (Å²) in [5.74, 6) is 0. The minimum absolute atomic E-state index is 1.20. The molecule has 0 N–H and O–H groups in total. The number of benzene rings is 11. The van der Waals surface area contributed by atoms with Crippen molar-refractivity contribution in [3.63, 3.8) is 0 Å². The van der Waals surface area contributed by atoms with Crippen LogP contribution in [0.3, 0.4) is 0 Å². The normalized spacial score (nSPS) is 11.6. The molecule has 0 heterocycles. The Hall–Kier alpha value is -7.28. The van der Waals surface area contributed by atoms with Gasteiger partial charge in [0.2, 0.25) is 0 Å². The molecule has 0 unspecified atom stereocenters. The maximum atomic E-state index is 2.43. The van der Waals surface area contributed by atoms with Gasteiger partial charge < -0.3 is 0 Å². The fourth-order valence-electron chi connectivity index (χ4n) is 8.88. The first-order valence-electron chi connectivity index (χ1n) is 19.4. The Morgan fingerprint density at radius 3 is 1.30 bits per heavy atom. The summed E-state index contributed by atoms with van der Waals surface area (Å²) in [5, 5.41) is 12.5. The van der Waals surface area contributed by atoms with E-state index in [4.69, 9.17) is 0 Å². The molecule has 0 aliphatic heterocycles. The van der Waals surface area contributed by atoms with Gasteiger partial charge in [0.15, 0.2) is 0 Å². The summed E-state index contributed by atoms with van der Waals surface area (Å²) in [4.78, 5) is 0. The smallest absolute Gasteiger partial charge is 0.00199 e. The summed E-state index contributed by atoms with van der Waals surface area (Å²) < 4.78 is 0. The van der Waals surface area contributed by atoms with Gasteiger partial charge in [-0.25, -0.2) is 0 Å². The van der Waals surface area contributed by atoms with E-state index in [1.807, 2.05) is 0 Å². The van der Waals surface area contributed by atoms with Crippen LogP contribution in [0.1, 0.15) is 0 Å². The van der Waals surface area contributed by atoms with Gasteiger partial charge in [-0.3, -0.25) is 0 Å². The molecule has 0 aromatic heterocycles. The first-order valence-corrected chi connectivity index (χ1v) is 19.4. The van der Waals surface area contributed by atoms with Crippen molar-refractivity contribution >= 4 is 53.9 Å². The predicted octanol–water partition coefficient (Wildman–Crippen LogP) is 15.8. The molecule has 0 bridgehead atoms. The number of fused-ring (bicyclic) bond motifs is 5. The standard InChI is InChI=1S/C56H36/c1-2-13-37(14-3-1)45-29-30-53-54(36-45)56(50-24-12-20-40-17-8-9-21-49(40)50)52-23-11-10-22-51(52)55(53)48-34-46(43-27-25-38-15-4-6-18-41(38)31-43)33-47(35-48)44-28-26-39-16-5-7-19-42(39)32-44/h1-36H. The van der Waals surface area contributed by atoms with E-state index in [0.717, 1.165) is 0 Å². The molecule has 0 spiro atoms. The highest BCUT2D eigenvalue weighted by molar-refractivity contribution is 6.24. The van der Waals surface area contributed by atoms with Crippen molar-refractivity contribution in [2.45, 2.75) is 0 Å². The largest absolute Gasteiger partial charge is 0.0622 e. The second-order valence-corrected chi connectivity index (χ2v) is 14.9. The van der Waals surface area contributed by atoms with E-state index < -0.39 is 0 Å². The number of hydrogen-bond acceptors (Lipinski definition) is 0. The molecule has 0 aliphatic carbocycles. The molecule has 0 atom stereocenters. The molecule has 0 amide bonds. The lowest BCUT2D eigenvalue weighted by Gasteiger charge is -2.21. The highest BCUT2D eigenvalue weighted by Gasteiger charge is 2.20. The summed E-state index contributed by atoms with van der Waals surface area (Å²) in [5.41, 5.74) is 12.2. The van der Waals surface area contributed by atoms with E-state index in [0.29, 0.717) is 0 Å². The van der Waals surface area contributed by atoms with E-state index in [-0.39, 0.29) is 0 Å². The van der Waals surface area contributed by atoms with Crippen molar-refractivity contribution in [3.8, 4) is 55.6 Å². The van der Waals surface area contributed by atoms with Gasteiger partial charge in [-0.15, -0.1) is 0 Å². The van der Waals surface area contributed by atoms with Crippen LogP contribution in [0.25, 0.3) is 109 Å². The van der Waals surface area contributed by atoms with Gasteiger partial charge in [-0.1, -0.05) is 182 Å². The van der Waals surface area contributed by atoms with Crippen molar-refractivity contribution in [1.29, 1.82) is 0 Å². The zero-order valence-electron chi connectivity index (χ0n) is 30.8.